The van der Waals surface area contributed by atoms with Gasteiger partial charge in [-0.2, -0.15) is 0 Å². The van der Waals surface area contributed by atoms with Gasteiger partial charge >= 0.3 is 0 Å². The molecular formula is C14H19NO2. The molecule has 0 bridgehead atoms. The molecular weight excluding hydrogens is 214 g/mol. The van der Waals surface area contributed by atoms with Crippen molar-refractivity contribution in [2.24, 2.45) is 0 Å². The van der Waals surface area contributed by atoms with Gasteiger partial charge in [0.15, 0.2) is 0 Å². The number of carbonyl (C=O) groups excluding carboxylic acids is 1. The van der Waals surface area contributed by atoms with Gasteiger partial charge in [-0.05, 0) is 19.4 Å². The second-order valence-electron chi connectivity index (χ2n) is 3.86. The van der Waals surface area contributed by atoms with Crippen molar-refractivity contribution < 1.29 is 9.90 Å². The van der Waals surface area contributed by atoms with E-state index < -0.39 is 6.61 Å². The summed E-state index contributed by atoms with van der Waals surface area (Å²) >= 11 is 0. The first-order valence-electron chi connectivity index (χ1n) is 5.77. The second kappa shape index (κ2) is 6.86. The lowest BCUT2D eigenvalue weighted by atomic mass is 10.1. The number of hydrogen-bond donors (Lipinski definition) is 1. The zero-order chi connectivity index (χ0) is 12.7. The fourth-order valence-electron chi connectivity index (χ4n) is 1.70. The maximum Gasteiger partial charge on any atom is 0.249 e. The molecule has 1 N–H and O–H groups in total. The normalized spacial score (nSPS) is 12.6. The van der Waals surface area contributed by atoms with E-state index in [0.29, 0.717) is 6.54 Å². The van der Waals surface area contributed by atoms with Crippen molar-refractivity contribution in [2.75, 3.05) is 13.2 Å². The summed E-state index contributed by atoms with van der Waals surface area (Å²) in [7, 11) is 0. The van der Waals surface area contributed by atoms with E-state index in [2.05, 4.69) is 0 Å². The van der Waals surface area contributed by atoms with Crippen LogP contribution in [0.5, 0.6) is 0 Å². The molecule has 0 aromatic heterocycles. The van der Waals surface area contributed by atoms with Gasteiger partial charge in [0.1, 0.15) is 6.61 Å². The second-order valence-corrected chi connectivity index (χ2v) is 3.86. The molecule has 0 heterocycles. The highest BCUT2D eigenvalue weighted by molar-refractivity contribution is 5.77. The van der Waals surface area contributed by atoms with E-state index in [1.54, 1.807) is 4.90 Å². The predicted octanol–water partition coefficient (Wildman–Crippen LogP) is 2.14. The van der Waals surface area contributed by atoms with Gasteiger partial charge in [-0.1, -0.05) is 42.5 Å². The average Bonchev–Trinajstić information content (AvgIpc) is 2.39. The van der Waals surface area contributed by atoms with Crippen LogP contribution in [0.15, 0.2) is 42.5 Å². The van der Waals surface area contributed by atoms with E-state index in [9.17, 15) is 4.79 Å². The summed E-state index contributed by atoms with van der Waals surface area (Å²) in [5.74, 6) is -0.251. The first kappa shape index (κ1) is 13.5. The molecule has 92 valence electrons. The molecule has 0 unspecified atom stereocenters. The number of benzene rings is 1. The Labute approximate surface area is 102 Å². The monoisotopic (exact) mass is 233 g/mol. The van der Waals surface area contributed by atoms with E-state index in [1.165, 1.54) is 0 Å². The van der Waals surface area contributed by atoms with Crippen molar-refractivity contribution in [3.8, 4) is 0 Å². The van der Waals surface area contributed by atoms with Crippen LogP contribution in [0.3, 0.4) is 0 Å². The third-order valence-electron chi connectivity index (χ3n) is 2.74. The molecule has 0 aliphatic carbocycles. The molecule has 0 spiro atoms. The Morgan fingerprint density at radius 1 is 1.41 bits per heavy atom. The number of nitrogens with zero attached hydrogens (tertiary/aromatic N) is 1. The molecule has 0 saturated carbocycles. The van der Waals surface area contributed by atoms with Crippen LogP contribution in [0.25, 0.3) is 0 Å². The van der Waals surface area contributed by atoms with Crippen molar-refractivity contribution in [1.29, 1.82) is 0 Å². The molecule has 1 rings (SSSR count). The Morgan fingerprint density at radius 2 is 2.06 bits per heavy atom. The number of amides is 1. The smallest absolute Gasteiger partial charge is 0.249 e. The Bertz CT molecular complexity index is 373. The molecule has 0 fully saturated rings. The number of aliphatic hydroxyl groups is 1. The lowest BCUT2D eigenvalue weighted by Gasteiger charge is -2.28. The largest absolute Gasteiger partial charge is 0.387 e. The average molecular weight is 233 g/mol. The number of hydrogen-bond acceptors (Lipinski definition) is 2. The van der Waals surface area contributed by atoms with Crippen LogP contribution < -0.4 is 0 Å². The summed E-state index contributed by atoms with van der Waals surface area (Å²) in [4.78, 5) is 13.3. The van der Waals surface area contributed by atoms with E-state index in [1.807, 2.05) is 56.3 Å². The van der Waals surface area contributed by atoms with Crippen LogP contribution in [0.1, 0.15) is 25.5 Å². The highest BCUT2D eigenvalue weighted by atomic mass is 16.3. The lowest BCUT2D eigenvalue weighted by molar-refractivity contribution is -0.135. The highest BCUT2D eigenvalue weighted by Crippen LogP contribution is 2.19. The molecule has 1 amide bonds. The predicted molar refractivity (Wildman–Crippen MR) is 68.5 cm³/mol. The minimum atomic E-state index is -0.450. The standard InChI is InChI=1S/C14H19NO2/c1-3-4-10-15(14(17)11-16)12(2)13-8-6-5-7-9-13/h3-9,12,16H,10-11H2,1-2H3/b4-3+/t12-/m1/s1. The van der Waals surface area contributed by atoms with Gasteiger partial charge in [0.2, 0.25) is 5.91 Å². The summed E-state index contributed by atoms with van der Waals surface area (Å²) in [6.45, 7) is 3.95. The number of aliphatic hydroxyl groups excluding tert-OH is 1. The number of allylic oxidation sites excluding steroid dienone is 1. The van der Waals surface area contributed by atoms with Crippen LogP contribution in [0.4, 0.5) is 0 Å². The van der Waals surface area contributed by atoms with Crippen LogP contribution >= 0.6 is 0 Å². The Balaban J connectivity index is 2.86. The number of rotatable bonds is 5. The van der Waals surface area contributed by atoms with Crippen molar-refractivity contribution in [3.63, 3.8) is 0 Å². The van der Waals surface area contributed by atoms with Crippen molar-refractivity contribution in [1.82, 2.24) is 4.90 Å². The van der Waals surface area contributed by atoms with Crippen molar-refractivity contribution in [3.05, 3.63) is 48.0 Å². The fraction of sp³-hybridized carbons (Fsp3) is 0.357. The zero-order valence-corrected chi connectivity index (χ0v) is 10.3. The minimum Gasteiger partial charge on any atom is -0.387 e. The van der Waals surface area contributed by atoms with Gasteiger partial charge < -0.3 is 10.0 Å². The van der Waals surface area contributed by atoms with Crippen molar-refractivity contribution in [2.45, 2.75) is 19.9 Å². The summed E-state index contributed by atoms with van der Waals surface area (Å²) in [5.41, 5.74) is 1.07. The number of carbonyl (C=O) groups is 1. The zero-order valence-electron chi connectivity index (χ0n) is 10.3. The van der Waals surface area contributed by atoms with Gasteiger partial charge in [0.05, 0.1) is 6.04 Å². The molecule has 0 aliphatic rings. The minimum absolute atomic E-state index is 0.0351. The highest BCUT2D eigenvalue weighted by Gasteiger charge is 2.19. The Kier molecular flexibility index (Phi) is 5.43. The van der Waals surface area contributed by atoms with Gasteiger partial charge in [-0.3, -0.25) is 4.79 Å². The van der Waals surface area contributed by atoms with Crippen LogP contribution in [0.2, 0.25) is 0 Å². The maximum absolute atomic E-state index is 11.7. The van der Waals surface area contributed by atoms with Gasteiger partial charge in [0, 0.05) is 6.54 Å². The summed E-state index contributed by atoms with van der Waals surface area (Å²) in [5, 5.41) is 8.99. The first-order chi connectivity index (χ1) is 8.20. The summed E-state index contributed by atoms with van der Waals surface area (Å²) in [6, 6.07) is 9.77. The Morgan fingerprint density at radius 3 is 2.59 bits per heavy atom. The molecule has 0 saturated heterocycles. The fourth-order valence-corrected chi connectivity index (χ4v) is 1.70. The van der Waals surface area contributed by atoms with E-state index in [0.717, 1.165) is 5.56 Å². The molecule has 3 nitrogen and oxygen atoms in total. The van der Waals surface area contributed by atoms with Crippen LogP contribution in [-0.4, -0.2) is 29.1 Å². The van der Waals surface area contributed by atoms with E-state index >= 15 is 0 Å². The molecule has 17 heavy (non-hydrogen) atoms. The first-order valence-corrected chi connectivity index (χ1v) is 5.77. The van der Waals surface area contributed by atoms with Crippen LogP contribution in [0, 0.1) is 0 Å². The molecule has 1 aromatic carbocycles. The SMILES string of the molecule is C/C=C/CN(C(=O)CO)[C@H](C)c1ccccc1. The summed E-state index contributed by atoms with van der Waals surface area (Å²) < 4.78 is 0. The quantitative estimate of drug-likeness (QED) is 0.792. The van der Waals surface area contributed by atoms with Crippen LogP contribution in [-0.2, 0) is 4.79 Å². The van der Waals surface area contributed by atoms with Gasteiger partial charge in [-0.25, -0.2) is 0 Å². The molecule has 3 heteroatoms. The topological polar surface area (TPSA) is 40.5 Å². The van der Waals surface area contributed by atoms with E-state index in [-0.39, 0.29) is 11.9 Å². The molecule has 0 radical (unpaired) electrons. The van der Waals surface area contributed by atoms with Crippen molar-refractivity contribution >= 4 is 5.91 Å². The molecule has 0 aliphatic heterocycles. The maximum atomic E-state index is 11.7. The van der Waals surface area contributed by atoms with Gasteiger partial charge in [-0.15, -0.1) is 0 Å². The Hall–Kier alpha value is -1.61. The summed E-state index contributed by atoms with van der Waals surface area (Å²) in [6.07, 6.45) is 3.81. The third kappa shape index (κ3) is 3.71. The lowest BCUT2D eigenvalue weighted by Crippen LogP contribution is -2.35. The molecule has 1 aromatic rings. The third-order valence-corrected chi connectivity index (χ3v) is 2.74. The van der Waals surface area contributed by atoms with Gasteiger partial charge in [0.25, 0.3) is 0 Å². The molecule has 1 atom stereocenters. The van der Waals surface area contributed by atoms with E-state index in [4.69, 9.17) is 5.11 Å².